The molecule has 3 aromatic rings. The molecule has 25 heavy (non-hydrogen) atoms. The molecule has 0 aliphatic carbocycles. The van der Waals surface area contributed by atoms with Gasteiger partial charge in [0.05, 0.1) is 0 Å². The van der Waals surface area contributed by atoms with E-state index in [-0.39, 0.29) is 5.82 Å². The summed E-state index contributed by atoms with van der Waals surface area (Å²) in [5, 5.41) is 12.4. The maximum absolute atomic E-state index is 13.3. The molecule has 2 heterocycles. The average molecular weight is 354 g/mol. The van der Waals surface area contributed by atoms with Crippen molar-refractivity contribution < 1.29 is 9.13 Å². The van der Waals surface area contributed by atoms with Crippen LogP contribution in [0.25, 0.3) is 11.3 Å². The standard InChI is InChI=1S/C18H15FN4OS/c1-2-25-18-21-17-15(22-23-18)13-5-3-4-6-14(13)20-16(24-17)11-7-9-12(19)10-8-11/h3-10,16,20H,2H2,1H3. The van der Waals surface area contributed by atoms with Gasteiger partial charge in [-0.2, -0.15) is 4.98 Å². The Balaban J connectivity index is 1.82. The Labute approximate surface area is 148 Å². The first-order valence-corrected chi connectivity index (χ1v) is 8.88. The molecule has 1 unspecified atom stereocenters. The molecule has 0 saturated carbocycles. The lowest BCUT2D eigenvalue weighted by molar-refractivity contribution is 0.225. The number of rotatable bonds is 3. The number of ether oxygens (including phenoxy) is 1. The van der Waals surface area contributed by atoms with E-state index in [1.807, 2.05) is 31.2 Å². The smallest absolute Gasteiger partial charge is 0.247 e. The van der Waals surface area contributed by atoms with Gasteiger partial charge in [-0.1, -0.05) is 49.0 Å². The molecule has 0 radical (unpaired) electrons. The van der Waals surface area contributed by atoms with Crippen molar-refractivity contribution in [3.05, 3.63) is 59.9 Å². The van der Waals surface area contributed by atoms with E-state index in [0.717, 1.165) is 22.6 Å². The highest BCUT2D eigenvalue weighted by Crippen LogP contribution is 2.39. The van der Waals surface area contributed by atoms with Gasteiger partial charge in [-0.05, 0) is 24.0 Å². The second kappa shape index (κ2) is 6.68. The van der Waals surface area contributed by atoms with Gasteiger partial charge in [-0.25, -0.2) is 4.39 Å². The van der Waals surface area contributed by atoms with Crippen LogP contribution in [-0.2, 0) is 0 Å². The normalized spacial score (nSPS) is 15.4. The van der Waals surface area contributed by atoms with Gasteiger partial charge in [0.15, 0.2) is 11.9 Å². The first-order valence-electron chi connectivity index (χ1n) is 7.90. The molecule has 7 heteroatoms. The van der Waals surface area contributed by atoms with Crippen LogP contribution in [0.1, 0.15) is 18.7 Å². The van der Waals surface area contributed by atoms with Crippen LogP contribution < -0.4 is 10.1 Å². The van der Waals surface area contributed by atoms with Crippen molar-refractivity contribution in [2.45, 2.75) is 18.3 Å². The Morgan fingerprint density at radius 3 is 2.72 bits per heavy atom. The van der Waals surface area contributed by atoms with Gasteiger partial charge < -0.3 is 10.1 Å². The van der Waals surface area contributed by atoms with E-state index >= 15 is 0 Å². The number of benzene rings is 2. The van der Waals surface area contributed by atoms with Gasteiger partial charge in [0.25, 0.3) is 0 Å². The molecule has 1 aromatic heterocycles. The van der Waals surface area contributed by atoms with Gasteiger partial charge >= 0.3 is 0 Å². The molecule has 0 bridgehead atoms. The van der Waals surface area contributed by atoms with Crippen LogP contribution in [0.4, 0.5) is 10.1 Å². The lowest BCUT2D eigenvalue weighted by atomic mass is 10.1. The van der Waals surface area contributed by atoms with Crippen LogP contribution in [0.15, 0.2) is 53.7 Å². The van der Waals surface area contributed by atoms with Gasteiger partial charge in [-0.3, -0.25) is 0 Å². The molecule has 2 aromatic carbocycles. The Bertz CT molecular complexity index is 904. The Hall–Kier alpha value is -2.67. The van der Waals surface area contributed by atoms with Crippen LogP contribution in [-0.4, -0.2) is 20.9 Å². The average Bonchev–Trinajstić information content (AvgIpc) is 2.79. The number of fused-ring (bicyclic) bond motifs is 3. The minimum atomic E-state index is -0.501. The molecule has 4 rings (SSSR count). The molecular weight excluding hydrogens is 339 g/mol. The molecule has 0 fully saturated rings. The first kappa shape index (κ1) is 15.8. The quantitative estimate of drug-likeness (QED) is 0.708. The molecule has 0 amide bonds. The summed E-state index contributed by atoms with van der Waals surface area (Å²) in [4.78, 5) is 4.51. The van der Waals surface area contributed by atoms with Gasteiger partial charge in [-0.15, -0.1) is 10.2 Å². The second-order valence-electron chi connectivity index (χ2n) is 5.42. The number of hydrogen-bond acceptors (Lipinski definition) is 6. The molecule has 0 spiro atoms. The van der Waals surface area contributed by atoms with E-state index in [4.69, 9.17) is 4.74 Å². The van der Waals surface area contributed by atoms with E-state index in [0.29, 0.717) is 16.7 Å². The molecule has 1 N–H and O–H groups in total. The number of nitrogens with zero attached hydrogens (tertiary/aromatic N) is 3. The van der Waals surface area contributed by atoms with Crippen molar-refractivity contribution >= 4 is 17.4 Å². The number of para-hydroxylation sites is 1. The number of anilines is 1. The number of aromatic nitrogens is 3. The highest BCUT2D eigenvalue weighted by atomic mass is 32.2. The minimum Gasteiger partial charge on any atom is -0.448 e. The predicted octanol–water partition coefficient (Wildman–Crippen LogP) is 4.29. The fourth-order valence-electron chi connectivity index (χ4n) is 2.63. The zero-order valence-electron chi connectivity index (χ0n) is 13.4. The van der Waals surface area contributed by atoms with Crippen molar-refractivity contribution in [1.29, 1.82) is 0 Å². The number of halogens is 1. The van der Waals surface area contributed by atoms with Crippen molar-refractivity contribution in [1.82, 2.24) is 15.2 Å². The first-order chi connectivity index (χ1) is 12.2. The van der Waals surface area contributed by atoms with Crippen molar-refractivity contribution in [3.8, 4) is 17.1 Å². The monoisotopic (exact) mass is 354 g/mol. The van der Waals surface area contributed by atoms with E-state index in [9.17, 15) is 4.39 Å². The zero-order chi connectivity index (χ0) is 17.2. The highest BCUT2D eigenvalue weighted by molar-refractivity contribution is 7.99. The molecule has 0 saturated heterocycles. The molecule has 1 aliphatic rings. The summed E-state index contributed by atoms with van der Waals surface area (Å²) in [5.74, 6) is 0.970. The fraction of sp³-hybridized carbons (Fsp3) is 0.167. The summed E-state index contributed by atoms with van der Waals surface area (Å²) in [6, 6.07) is 14.0. The van der Waals surface area contributed by atoms with Gasteiger partial charge in [0, 0.05) is 16.8 Å². The second-order valence-corrected chi connectivity index (χ2v) is 6.65. The molecule has 1 atom stereocenters. The SMILES string of the molecule is CCSc1nnc2c(n1)OC(c1ccc(F)cc1)Nc1ccccc1-2. The summed E-state index contributed by atoms with van der Waals surface area (Å²) in [5.41, 5.74) is 3.12. The molecular formula is C18H15FN4OS. The van der Waals surface area contributed by atoms with E-state index in [1.54, 1.807) is 12.1 Å². The summed E-state index contributed by atoms with van der Waals surface area (Å²) in [7, 11) is 0. The third-order valence-electron chi connectivity index (χ3n) is 3.78. The summed E-state index contributed by atoms with van der Waals surface area (Å²) >= 11 is 1.50. The summed E-state index contributed by atoms with van der Waals surface area (Å²) in [6.07, 6.45) is -0.501. The van der Waals surface area contributed by atoms with Crippen molar-refractivity contribution in [3.63, 3.8) is 0 Å². The van der Waals surface area contributed by atoms with Crippen LogP contribution in [0, 0.1) is 5.82 Å². The Morgan fingerprint density at radius 1 is 1.12 bits per heavy atom. The highest BCUT2D eigenvalue weighted by Gasteiger charge is 2.25. The van der Waals surface area contributed by atoms with E-state index in [1.165, 1.54) is 23.9 Å². The molecule has 126 valence electrons. The van der Waals surface area contributed by atoms with E-state index in [2.05, 4.69) is 20.5 Å². The lowest BCUT2D eigenvalue weighted by Gasteiger charge is -2.19. The maximum Gasteiger partial charge on any atom is 0.247 e. The summed E-state index contributed by atoms with van der Waals surface area (Å²) in [6.45, 7) is 2.03. The third-order valence-corrected chi connectivity index (χ3v) is 4.50. The largest absolute Gasteiger partial charge is 0.448 e. The topological polar surface area (TPSA) is 59.9 Å². The number of thioether (sulfide) groups is 1. The minimum absolute atomic E-state index is 0.288. The van der Waals surface area contributed by atoms with Crippen LogP contribution in [0.5, 0.6) is 5.88 Å². The number of hydrogen-bond donors (Lipinski definition) is 1. The number of nitrogens with one attached hydrogen (secondary N) is 1. The van der Waals surface area contributed by atoms with Crippen molar-refractivity contribution in [2.75, 3.05) is 11.1 Å². The van der Waals surface area contributed by atoms with Gasteiger partial charge in [0.1, 0.15) is 5.82 Å². The molecule has 5 nitrogen and oxygen atoms in total. The predicted molar refractivity (Wildman–Crippen MR) is 95.1 cm³/mol. The Morgan fingerprint density at radius 2 is 1.92 bits per heavy atom. The third kappa shape index (κ3) is 3.15. The fourth-order valence-corrected chi connectivity index (χ4v) is 3.13. The van der Waals surface area contributed by atoms with Crippen molar-refractivity contribution in [2.24, 2.45) is 0 Å². The van der Waals surface area contributed by atoms with Crippen LogP contribution >= 0.6 is 11.8 Å². The summed E-state index contributed by atoms with van der Waals surface area (Å²) < 4.78 is 19.3. The Kier molecular flexibility index (Phi) is 4.23. The van der Waals surface area contributed by atoms with Crippen LogP contribution in [0.3, 0.4) is 0 Å². The molecule has 1 aliphatic heterocycles. The lowest BCUT2D eigenvalue weighted by Crippen LogP contribution is -2.17. The van der Waals surface area contributed by atoms with Crippen LogP contribution in [0.2, 0.25) is 0 Å². The van der Waals surface area contributed by atoms with Gasteiger partial charge in [0.2, 0.25) is 11.0 Å². The van der Waals surface area contributed by atoms with E-state index < -0.39 is 6.23 Å². The maximum atomic E-state index is 13.3. The zero-order valence-corrected chi connectivity index (χ0v) is 14.3.